The lowest BCUT2D eigenvalue weighted by Crippen LogP contribution is -2.38. The summed E-state index contributed by atoms with van der Waals surface area (Å²) in [4.78, 5) is 18.0. The van der Waals surface area contributed by atoms with Crippen LogP contribution in [0.25, 0.3) is 0 Å². The van der Waals surface area contributed by atoms with E-state index < -0.39 is 10.0 Å². The summed E-state index contributed by atoms with van der Waals surface area (Å²) in [6, 6.07) is 3.22. The number of aromatic nitrogens is 1. The molecule has 146 valence electrons. The van der Waals surface area contributed by atoms with Crippen LogP contribution in [0.1, 0.15) is 46.1 Å². The molecule has 0 saturated carbocycles. The Morgan fingerprint density at radius 3 is 2.48 bits per heavy atom. The van der Waals surface area contributed by atoms with E-state index in [1.807, 2.05) is 13.8 Å². The third kappa shape index (κ3) is 4.23. The largest absolute Gasteiger partial charge is 0.298 e. The SMILES string of the molecule is Cc1cnc(NC(=O)c2cc(C)c(C)c(S(=O)(=O)N3CCC(C)CC3)c2)s1. The molecule has 1 amide bonds. The topological polar surface area (TPSA) is 79.4 Å². The van der Waals surface area contributed by atoms with Crippen LogP contribution in [0, 0.1) is 26.7 Å². The minimum atomic E-state index is -3.62. The predicted molar refractivity (Wildman–Crippen MR) is 108 cm³/mol. The molecule has 8 heteroatoms. The Balaban J connectivity index is 1.93. The van der Waals surface area contributed by atoms with Gasteiger partial charge in [0.05, 0.1) is 4.90 Å². The molecule has 3 rings (SSSR count). The molecule has 1 aromatic heterocycles. The molecule has 6 nitrogen and oxygen atoms in total. The predicted octanol–water partition coefficient (Wildman–Crippen LogP) is 3.74. The summed E-state index contributed by atoms with van der Waals surface area (Å²) in [6.45, 7) is 8.73. The molecule has 1 N–H and O–H groups in total. The number of carbonyl (C=O) groups is 1. The highest BCUT2D eigenvalue weighted by Crippen LogP contribution is 2.28. The quantitative estimate of drug-likeness (QED) is 0.837. The van der Waals surface area contributed by atoms with Crippen molar-refractivity contribution in [1.29, 1.82) is 0 Å². The van der Waals surface area contributed by atoms with Crippen LogP contribution in [0.15, 0.2) is 23.2 Å². The molecule has 1 aliphatic rings. The number of nitrogens with zero attached hydrogens (tertiary/aromatic N) is 2. The summed E-state index contributed by atoms with van der Waals surface area (Å²) in [5.41, 5.74) is 1.80. The van der Waals surface area contributed by atoms with Crippen molar-refractivity contribution in [3.05, 3.63) is 39.9 Å². The molecule has 2 heterocycles. The van der Waals surface area contributed by atoms with Gasteiger partial charge >= 0.3 is 0 Å². The van der Waals surface area contributed by atoms with Gasteiger partial charge in [0.25, 0.3) is 5.91 Å². The molecule has 1 saturated heterocycles. The van der Waals surface area contributed by atoms with Crippen molar-refractivity contribution in [1.82, 2.24) is 9.29 Å². The number of amides is 1. The molecule has 0 radical (unpaired) electrons. The molecule has 1 fully saturated rings. The maximum atomic E-state index is 13.2. The third-order valence-electron chi connectivity index (χ3n) is 5.08. The smallest absolute Gasteiger partial charge is 0.257 e. The minimum absolute atomic E-state index is 0.220. The highest BCUT2D eigenvalue weighted by molar-refractivity contribution is 7.89. The van der Waals surface area contributed by atoms with Crippen molar-refractivity contribution < 1.29 is 13.2 Å². The second-order valence-electron chi connectivity index (χ2n) is 7.23. The normalized spacial score (nSPS) is 16.4. The van der Waals surface area contributed by atoms with Gasteiger partial charge in [-0.25, -0.2) is 13.4 Å². The lowest BCUT2D eigenvalue weighted by Gasteiger charge is -2.30. The van der Waals surface area contributed by atoms with Crippen molar-refractivity contribution in [2.75, 3.05) is 18.4 Å². The number of sulfonamides is 1. The first-order valence-corrected chi connectivity index (χ1v) is 11.3. The number of nitrogens with one attached hydrogen (secondary N) is 1. The number of carbonyl (C=O) groups excluding carboxylic acids is 1. The van der Waals surface area contributed by atoms with Gasteiger partial charge in [-0.15, -0.1) is 11.3 Å². The van der Waals surface area contributed by atoms with Crippen molar-refractivity contribution in [3.8, 4) is 0 Å². The fourth-order valence-electron chi connectivity index (χ4n) is 3.17. The fourth-order valence-corrected chi connectivity index (χ4v) is 5.63. The van der Waals surface area contributed by atoms with Crippen LogP contribution < -0.4 is 5.32 Å². The van der Waals surface area contributed by atoms with Crippen LogP contribution in [0.3, 0.4) is 0 Å². The Labute approximate surface area is 164 Å². The molecule has 0 bridgehead atoms. The molecule has 0 aliphatic carbocycles. The summed E-state index contributed by atoms with van der Waals surface area (Å²) in [7, 11) is -3.62. The zero-order chi connectivity index (χ0) is 19.8. The Morgan fingerprint density at radius 1 is 1.22 bits per heavy atom. The van der Waals surface area contributed by atoms with E-state index in [2.05, 4.69) is 17.2 Å². The van der Waals surface area contributed by atoms with E-state index in [4.69, 9.17) is 0 Å². The number of rotatable bonds is 4. The molecular formula is C19H25N3O3S2. The van der Waals surface area contributed by atoms with Gasteiger partial charge in [0.2, 0.25) is 10.0 Å². The summed E-state index contributed by atoms with van der Waals surface area (Å²) < 4.78 is 27.9. The molecule has 1 aliphatic heterocycles. The van der Waals surface area contributed by atoms with Crippen LogP contribution in [-0.4, -0.2) is 36.7 Å². The Bertz CT molecular complexity index is 959. The summed E-state index contributed by atoms with van der Waals surface area (Å²) in [6.07, 6.45) is 3.41. The lowest BCUT2D eigenvalue weighted by atomic mass is 10.0. The van der Waals surface area contributed by atoms with E-state index in [-0.39, 0.29) is 10.8 Å². The maximum absolute atomic E-state index is 13.2. The van der Waals surface area contributed by atoms with Crippen LogP contribution in [0.2, 0.25) is 0 Å². The number of hydrogen-bond acceptors (Lipinski definition) is 5. The van der Waals surface area contributed by atoms with Crippen LogP contribution in [-0.2, 0) is 10.0 Å². The monoisotopic (exact) mass is 407 g/mol. The Hall–Kier alpha value is -1.77. The van der Waals surface area contributed by atoms with Gasteiger partial charge in [0.15, 0.2) is 5.13 Å². The van der Waals surface area contributed by atoms with Gasteiger partial charge in [-0.1, -0.05) is 6.92 Å². The Morgan fingerprint density at radius 2 is 1.89 bits per heavy atom. The zero-order valence-corrected chi connectivity index (χ0v) is 17.7. The van der Waals surface area contributed by atoms with Crippen molar-refractivity contribution in [3.63, 3.8) is 0 Å². The highest BCUT2D eigenvalue weighted by Gasteiger charge is 2.30. The summed E-state index contributed by atoms with van der Waals surface area (Å²) in [5, 5.41) is 3.25. The van der Waals surface area contributed by atoms with Gasteiger partial charge in [0.1, 0.15) is 0 Å². The van der Waals surface area contributed by atoms with Gasteiger partial charge in [-0.2, -0.15) is 4.31 Å². The number of hydrogen-bond donors (Lipinski definition) is 1. The van der Waals surface area contributed by atoms with Crippen molar-refractivity contribution >= 4 is 32.4 Å². The summed E-state index contributed by atoms with van der Waals surface area (Å²) >= 11 is 1.38. The van der Waals surface area contributed by atoms with E-state index in [9.17, 15) is 13.2 Å². The molecule has 0 atom stereocenters. The number of aryl methyl sites for hydroxylation is 2. The molecule has 1 aromatic carbocycles. The average molecular weight is 408 g/mol. The van der Waals surface area contributed by atoms with Crippen molar-refractivity contribution in [2.24, 2.45) is 5.92 Å². The molecule has 0 spiro atoms. The summed E-state index contributed by atoms with van der Waals surface area (Å²) in [5.74, 6) is 0.189. The van der Waals surface area contributed by atoms with Gasteiger partial charge in [-0.3, -0.25) is 10.1 Å². The van der Waals surface area contributed by atoms with Crippen LogP contribution in [0.5, 0.6) is 0 Å². The number of thiazole rings is 1. The lowest BCUT2D eigenvalue weighted by molar-refractivity contribution is 0.102. The molecule has 27 heavy (non-hydrogen) atoms. The third-order valence-corrected chi connectivity index (χ3v) is 7.94. The number of benzene rings is 1. The van der Waals surface area contributed by atoms with Gasteiger partial charge in [0, 0.05) is 29.7 Å². The van der Waals surface area contributed by atoms with Gasteiger partial charge < -0.3 is 0 Å². The number of anilines is 1. The molecule has 2 aromatic rings. The fraction of sp³-hybridized carbons (Fsp3) is 0.474. The van der Waals surface area contributed by atoms with E-state index in [0.717, 1.165) is 23.3 Å². The first kappa shape index (κ1) is 20.0. The van der Waals surface area contributed by atoms with Gasteiger partial charge in [-0.05, 0) is 62.8 Å². The first-order chi connectivity index (χ1) is 12.7. The van der Waals surface area contributed by atoms with Crippen LogP contribution >= 0.6 is 11.3 Å². The van der Waals surface area contributed by atoms with E-state index in [0.29, 0.717) is 35.3 Å². The standard InChI is InChI=1S/C19H25N3O3S2/c1-12-5-7-22(8-6-12)27(24,25)17-10-16(9-13(2)15(17)4)18(23)21-19-20-11-14(3)26-19/h9-12H,5-8H2,1-4H3,(H,20,21,23). The zero-order valence-electron chi connectivity index (χ0n) is 16.1. The second-order valence-corrected chi connectivity index (χ2v) is 10.4. The average Bonchev–Trinajstić information content (AvgIpc) is 3.02. The molecular weight excluding hydrogens is 382 g/mol. The number of piperidine rings is 1. The minimum Gasteiger partial charge on any atom is -0.298 e. The molecule has 0 unspecified atom stereocenters. The van der Waals surface area contributed by atoms with E-state index in [1.165, 1.54) is 17.4 Å². The van der Waals surface area contributed by atoms with Crippen molar-refractivity contribution in [2.45, 2.75) is 45.4 Å². The first-order valence-electron chi connectivity index (χ1n) is 9.03. The van der Waals surface area contributed by atoms with E-state index >= 15 is 0 Å². The van der Waals surface area contributed by atoms with Crippen LogP contribution in [0.4, 0.5) is 5.13 Å². The highest BCUT2D eigenvalue weighted by atomic mass is 32.2. The van der Waals surface area contributed by atoms with E-state index in [1.54, 1.807) is 23.5 Å². The second kappa shape index (κ2) is 7.69. The maximum Gasteiger partial charge on any atom is 0.257 e. The Kier molecular flexibility index (Phi) is 5.69.